The molecular weight excluding hydrogens is 269 g/mol. The molecule has 1 aromatic rings. The van der Waals surface area contributed by atoms with Gasteiger partial charge in [0, 0.05) is 30.9 Å². The fourth-order valence-electron chi connectivity index (χ4n) is 2.03. The van der Waals surface area contributed by atoms with Crippen LogP contribution in [0.3, 0.4) is 0 Å². The minimum Gasteiger partial charge on any atom is -0.492 e. The van der Waals surface area contributed by atoms with Crippen LogP contribution in [0.5, 0.6) is 5.75 Å². The minimum atomic E-state index is -4.19. The summed E-state index contributed by atoms with van der Waals surface area (Å²) in [6, 6.07) is 7.03. The molecule has 1 heterocycles. The Hall–Kier alpha value is -1.69. The van der Waals surface area contributed by atoms with Gasteiger partial charge in [0.05, 0.1) is 0 Å². The fraction of sp³-hybridized carbons (Fsp3) is 0.429. The Bertz CT molecular complexity index is 468. The van der Waals surface area contributed by atoms with Gasteiger partial charge in [-0.25, -0.2) is 0 Å². The van der Waals surface area contributed by atoms with Crippen molar-refractivity contribution < 1.29 is 17.9 Å². The SMILES string of the molecule is Nc1ccc(OCCN2CC=C(C(F)(F)F)CC2)cc1. The number of alkyl halides is 3. The third kappa shape index (κ3) is 4.16. The summed E-state index contributed by atoms with van der Waals surface area (Å²) in [5, 5.41) is 0. The summed E-state index contributed by atoms with van der Waals surface area (Å²) >= 11 is 0. The van der Waals surface area contributed by atoms with Gasteiger partial charge in [0.2, 0.25) is 0 Å². The Balaban J connectivity index is 1.74. The number of halogens is 3. The highest BCUT2D eigenvalue weighted by atomic mass is 19.4. The lowest BCUT2D eigenvalue weighted by molar-refractivity contribution is -0.0960. The molecule has 0 fully saturated rings. The van der Waals surface area contributed by atoms with Crippen LogP contribution in [0.2, 0.25) is 0 Å². The summed E-state index contributed by atoms with van der Waals surface area (Å²) in [7, 11) is 0. The first-order valence-electron chi connectivity index (χ1n) is 6.42. The van der Waals surface area contributed by atoms with E-state index in [0.29, 0.717) is 37.7 Å². The van der Waals surface area contributed by atoms with Crippen LogP contribution in [0.25, 0.3) is 0 Å². The topological polar surface area (TPSA) is 38.5 Å². The van der Waals surface area contributed by atoms with Gasteiger partial charge in [-0.15, -0.1) is 0 Å². The summed E-state index contributed by atoms with van der Waals surface area (Å²) < 4.78 is 42.9. The van der Waals surface area contributed by atoms with E-state index in [0.717, 1.165) is 0 Å². The number of ether oxygens (including phenoxy) is 1. The smallest absolute Gasteiger partial charge is 0.412 e. The van der Waals surface area contributed by atoms with Gasteiger partial charge in [-0.1, -0.05) is 6.08 Å². The standard InChI is InChI=1S/C14H17F3N2O/c15-14(16,17)11-5-7-19(8-6-11)9-10-20-13-3-1-12(18)2-4-13/h1-5H,6-10,18H2. The quantitative estimate of drug-likeness (QED) is 0.683. The highest BCUT2D eigenvalue weighted by Crippen LogP contribution is 2.29. The predicted octanol–water partition coefficient (Wildman–Crippen LogP) is 2.84. The van der Waals surface area contributed by atoms with Gasteiger partial charge in [-0.3, -0.25) is 4.90 Å². The lowest BCUT2D eigenvalue weighted by Gasteiger charge is -2.26. The van der Waals surface area contributed by atoms with Crippen molar-refractivity contribution in [1.82, 2.24) is 4.90 Å². The van der Waals surface area contributed by atoms with Crippen molar-refractivity contribution in [2.75, 3.05) is 32.0 Å². The fourth-order valence-corrected chi connectivity index (χ4v) is 2.03. The van der Waals surface area contributed by atoms with Crippen molar-refractivity contribution in [3.8, 4) is 5.75 Å². The van der Waals surface area contributed by atoms with E-state index in [2.05, 4.69) is 0 Å². The Morgan fingerprint density at radius 2 is 1.90 bits per heavy atom. The van der Waals surface area contributed by atoms with Crippen molar-refractivity contribution in [3.05, 3.63) is 35.9 Å². The van der Waals surface area contributed by atoms with Crippen molar-refractivity contribution in [1.29, 1.82) is 0 Å². The molecule has 0 radical (unpaired) electrons. The Kier molecular flexibility index (Phi) is 4.54. The summed E-state index contributed by atoms with van der Waals surface area (Å²) in [4.78, 5) is 1.94. The zero-order valence-corrected chi connectivity index (χ0v) is 11.0. The lowest BCUT2D eigenvalue weighted by atomic mass is 10.1. The van der Waals surface area contributed by atoms with E-state index in [4.69, 9.17) is 10.5 Å². The van der Waals surface area contributed by atoms with Crippen LogP contribution in [-0.4, -0.2) is 37.3 Å². The monoisotopic (exact) mass is 286 g/mol. The van der Waals surface area contributed by atoms with Crippen LogP contribution < -0.4 is 10.5 Å². The predicted molar refractivity (Wildman–Crippen MR) is 71.5 cm³/mol. The first-order chi connectivity index (χ1) is 9.45. The highest BCUT2D eigenvalue weighted by molar-refractivity contribution is 5.41. The van der Waals surface area contributed by atoms with E-state index in [1.807, 2.05) is 4.90 Å². The molecule has 0 saturated heterocycles. The molecule has 0 amide bonds. The van der Waals surface area contributed by atoms with Gasteiger partial charge in [0.15, 0.2) is 0 Å². The zero-order chi connectivity index (χ0) is 14.6. The number of hydrogen-bond donors (Lipinski definition) is 1. The molecule has 0 spiro atoms. The number of anilines is 1. The van der Waals surface area contributed by atoms with Crippen LogP contribution >= 0.6 is 0 Å². The van der Waals surface area contributed by atoms with Crippen LogP contribution in [0, 0.1) is 0 Å². The average Bonchev–Trinajstić information content (AvgIpc) is 2.41. The molecule has 0 saturated carbocycles. The van der Waals surface area contributed by atoms with Gasteiger partial charge in [-0.2, -0.15) is 13.2 Å². The van der Waals surface area contributed by atoms with Gasteiger partial charge >= 0.3 is 6.18 Å². The molecule has 1 aliphatic heterocycles. The van der Waals surface area contributed by atoms with Crippen molar-refractivity contribution in [2.24, 2.45) is 0 Å². The molecule has 1 aliphatic rings. The maximum Gasteiger partial charge on any atom is 0.412 e. The largest absolute Gasteiger partial charge is 0.492 e. The minimum absolute atomic E-state index is 0.0470. The Morgan fingerprint density at radius 1 is 1.20 bits per heavy atom. The second-order valence-electron chi connectivity index (χ2n) is 4.70. The first kappa shape index (κ1) is 14.7. The summed E-state index contributed by atoms with van der Waals surface area (Å²) in [6.07, 6.45) is -2.88. The molecule has 3 nitrogen and oxygen atoms in total. The molecule has 110 valence electrons. The molecule has 20 heavy (non-hydrogen) atoms. The number of hydrogen-bond acceptors (Lipinski definition) is 3. The van der Waals surface area contributed by atoms with Crippen molar-refractivity contribution >= 4 is 5.69 Å². The van der Waals surface area contributed by atoms with Crippen molar-refractivity contribution in [2.45, 2.75) is 12.6 Å². The third-order valence-corrected chi connectivity index (χ3v) is 3.21. The van der Waals surface area contributed by atoms with Crippen LogP contribution in [0.4, 0.5) is 18.9 Å². The molecule has 0 aromatic heterocycles. The summed E-state index contributed by atoms with van der Waals surface area (Å²) in [5.41, 5.74) is 5.80. The summed E-state index contributed by atoms with van der Waals surface area (Å²) in [6.45, 7) is 1.78. The normalized spacial score (nSPS) is 16.9. The second-order valence-corrected chi connectivity index (χ2v) is 4.70. The molecule has 2 N–H and O–H groups in total. The van der Waals surface area contributed by atoms with Gasteiger partial charge in [-0.05, 0) is 30.7 Å². The van der Waals surface area contributed by atoms with E-state index in [1.165, 1.54) is 6.08 Å². The van der Waals surface area contributed by atoms with Crippen LogP contribution in [0.15, 0.2) is 35.9 Å². The molecule has 0 bridgehead atoms. The average molecular weight is 286 g/mol. The number of nitrogens with zero attached hydrogens (tertiary/aromatic N) is 1. The molecule has 0 atom stereocenters. The van der Waals surface area contributed by atoms with Gasteiger partial charge in [0.1, 0.15) is 12.4 Å². The second kappa shape index (κ2) is 6.17. The molecular formula is C14H17F3N2O. The molecule has 0 aliphatic carbocycles. The third-order valence-electron chi connectivity index (χ3n) is 3.21. The van der Waals surface area contributed by atoms with Gasteiger partial charge in [0.25, 0.3) is 0 Å². The maximum absolute atomic E-state index is 12.5. The summed E-state index contributed by atoms with van der Waals surface area (Å²) in [5.74, 6) is 0.711. The highest BCUT2D eigenvalue weighted by Gasteiger charge is 2.34. The Labute approximate surface area is 115 Å². The number of nitrogen functional groups attached to an aromatic ring is 1. The zero-order valence-electron chi connectivity index (χ0n) is 11.0. The number of rotatable bonds is 4. The maximum atomic E-state index is 12.5. The first-order valence-corrected chi connectivity index (χ1v) is 6.42. The number of nitrogens with two attached hydrogens (primary N) is 1. The molecule has 0 unspecified atom stereocenters. The van der Waals surface area contributed by atoms with E-state index >= 15 is 0 Å². The molecule has 2 rings (SSSR count). The Morgan fingerprint density at radius 3 is 2.45 bits per heavy atom. The van der Waals surface area contributed by atoms with E-state index < -0.39 is 11.7 Å². The van der Waals surface area contributed by atoms with E-state index in [1.54, 1.807) is 24.3 Å². The van der Waals surface area contributed by atoms with Gasteiger partial charge < -0.3 is 10.5 Å². The molecule has 6 heteroatoms. The van der Waals surface area contributed by atoms with Crippen LogP contribution in [-0.2, 0) is 0 Å². The van der Waals surface area contributed by atoms with E-state index in [9.17, 15) is 13.2 Å². The lowest BCUT2D eigenvalue weighted by Crippen LogP contribution is -2.34. The molecule has 1 aromatic carbocycles. The van der Waals surface area contributed by atoms with Crippen LogP contribution in [0.1, 0.15) is 6.42 Å². The van der Waals surface area contributed by atoms with E-state index in [-0.39, 0.29) is 6.42 Å². The van der Waals surface area contributed by atoms with Crippen molar-refractivity contribution in [3.63, 3.8) is 0 Å². The number of benzene rings is 1.